The van der Waals surface area contributed by atoms with Crippen molar-refractivity contribution in [3.05, 3.63) is 35.9 Å². The summed E-state index contributed by atoms with van der Waals surface area (Å²) in [6.45, 7) is 8.57. The summed E-state index contributed by atoms with van der Waals surface area (Å²) in [6.07, 6.45) is -0.0803. The van der Waals surface area contributed by atoms with E-state index in [1.54, 1.807) is 34.6 Å². The number of nitrogens with one attached hydrogen (secondary N) is 3. The summed E-state index contributed by atoms with van der Waals surface area (Å²) < 4.78 is 10.4. The second-order valence-corrected chi connectivity index (χ2v) is 9.02. The number of alkyl carbamates (subject to hydrolysis) is 1. The second-order valence-electron chi connectivity index (χ2n) is 9.02. The standard InChI is InChI=1S/C23H33N3O6/c1-6-16(26-21(30)32-22(2,3)4)20(29)24-13-18(27)25-17(19(28)23(5)14-31-23)12-15-10-8-7-9-11-15/h7-11,16-17H,6,12-14H2,1-5H3,(H,24,29)(H,25,27)(H,26,30). The van der Waals surface area contributed by atoms with Gasteiger partial charge in [-0.25, -0.2) is 4.79 Å². The van der Waals surface area contributed by atoms with Crippen LogP contribution in [0.1, 0.15) is 46.6 Å². The molecule has 0 aliphatic carbocycles. The van der Waals surface area contributed by atoms with E-state index in [4.69, 9.17) is 9.47 Å². The Kier molecular flexibility index (Phi) is 8.38. The zero-order valence-corrected chi connectivity index (χ0v) is 19.3. The number of rotatable bonds is 10. The van der Waals surface area contributed by atoms with E-state index < -0.39 is 41.2 Å². The molecule has 3 N–H and O–H groups in total. The lowest BCUT2D eigenvalue weighted by Gasteiger charge is -2.23. The number of Topliss-reactive ketones (excluding diaryl/α,β-unsaturated/α-hetero) is 1. The number of benzene rings is 1. The molecule has 176 valence electrons. The highest BCUT2D eigenvalue weighted by molar-refractivity contribution is 5.97. The van der Waals surface area contributed by atoms with Crippen LogP contribution in [0.2, 0.25) is 0 Å². The highest BCUT2D eigenvalue weighted by Crippen LogP contribution is 2.29. The van der Waals surface area contributed by atoms with Crippen LogP contribution < -0.4 is 16.0 Å². The molecule has 2 rings (SSSR count). The molecule has 3 amide bonds. The Labute approximate surface area is 188 Å². The van der Waals surface area contributed by atoms with Crippen LogP contribution in [0.3, 0.4) is 0 Å². The maximum Gasteiger partial charge on any atom is 0.408 e. The highest BCUT2D eigenvalue weighted by Gasteiger charge is 2.50. The first-order valence-corrected chi connectivity index (χ1v) is 10.7. The van der Waals surface area contributed by atoms with Crippen LogP contribution >= 0.6 is 0 Å². The number of ketones is 1. The largest absolute Gasteiger partial charge is 0.444 e. The number of hydrogen-bond donors (Lipinski definition) is 3. The van der Waals surface area contributed by atoms with E-state index in [-0.39, 0.29) is 12.3 Å². The summed E-state index contributed by atoms with van der Waals surface area (Å²) in [5.74, 6) is -1.24. The summed E-state index contributed by atoms with van der Waals surface area (Å²) in [4.78, 5) is 49.6. The summed E-state index contributed by atoms with van der Waals surface area (Å²) >= 11 is 0. The number of carbonyl (C=O) groups is 4. The van der Waals surface area contributed by atoms with Crippen LogP contribution in [0, 0.1) is 0 Å². The van der Waals surface area contributed by atoms with Gasteiger partial charge >= 0.3 is 6.09 Å². The third-order valence-corrected chi connectivity index (χ3v) is 4.87. The van der Waals surface area contributed by atoms with Crippen molar-refractivity contribution in [3.63, 3.8) is 0 Å². The predicted octanol–water partition coefficient (Wildman–Crippen LogP) is 1.49. The third-order valence-electron chi connectivity index (χ3n) is 4.87. The molecule has 1 aromatic carbocycles. The summed E-state index contributed by atoms with van der Waals surface area (Å²) in [7, 11) is 0. The van der Waals surface area contributed by atoms with Crippen molar-refractivity contribution >= 4 is 23.7 Å². The fourth-order valence-electron chi connectivity index (χ4n) is 3.02. The third kappa shape index (κ3) is 7.96. The van der Waals surface area contributed by atoms with Gasteiger partial charge in [0.25, 0.3) is 0 Å². The second kappa shape index (κ2) is 10.6. The van der Waals surface area contributed by atoms with E-state index in [2.05, 4.69) is 16.0 Å². The normalized spacial score (nSPS) is 19.3. The van der Waals surface area contributed by atoms with Gasteiger partial charge in [-0.2, -0.15) is 0 Å². The van der Waals surface area contributed by atoms with Gasteiger partial charge in [0, 0.05) is 0 Å². The molecule has 0 radical (unpaired) electrons. The zero-order valence-electron chi connectivity index (χ0n) is 19.3. The van der Waals surface area contributed by atoms with Crippen LogP contribution in [-0.2, 0) is 30.3 Å². The smallest absolute Gasteiger partial charge is 0.408 e. The first-order valence-electron chi connectivity index (χ1n) is 10.7. The predicted molar refractivity (Wildman–Crippen MR) is 118 cm³/mol. The van der Waals surface area contributed by atoms with Crippen LogP contribution in [0.4, 0.5) is 4.79 Å². The molecule has 1 fully saturated rings. The van der Waals surface area contributed by atoms with Crippen LogP contribution in [0.15, 0.2) is 30.3 Å². The van der Waals surface area contributed by atoms with Crippen LogP contribution in [0.25, 0.3) is 0 Å². The first-order chi connectivity index (χ1) is 14.9. The fourth-order valence-corrected chi connectivity index (χ4v) is 3.02. The van der Waals surface area contributed by atoms with Crippen molar-refractivity contribution in [3.8, 4) is 0 Å². The molecular weight excluding hydrogens is 414 g/mol. The van der Waals surface area contributed by atoms with E-state index in [1.807, 2.05) is 30.3 Å². The van der Waals surface area contributed by atoms with E-state index in [0.717, 1.165) is 5.56 Å². The lowest BCUT2D eigenvalue weighted by molar-refractivity contribution is -0.131. The molecule has 3 atom stereocenters. The van der Waals surface area contributed by atoms with E-state index in [9.17, 15) is 19.2 Å². The molecule has 3 unspecified atom stereocenters. The number of hydrogen-bond acceptors (Lipinski definition) is 6. The van der Waals surface area contributed by atoms with Gasteiger partial charge in [0.1, 0.15) is 17.2 Å². The van der Waals surface area contributed by atoms with Crippen molar-refractivity contribution in [1.82, 2.24) is 16.0 Å². The average Bonchev–Trinajstić information content (AvgIpc) is 3.47. The maximum absolute atomic E-state index is 12.8. The minimum atomic E-state index is -0.888. The first kappa shape index (κ1) is 25.3. The molecule has 0 spiro atoms. The molecule has 1 saturated heterocycles. The van der Waals surface area contributed by atoms with E-state index in [1.165, 1.54) is 0 Å². The van der Waals surface area contributed by atoms with Gasteiger partial charge in [-0.15, -0.1) is 0 Å². The van der Waals surface area contributed by atoms with Crippen molar-refractivity contribution < 1.29 is 28.7 Å². The molecule has 0 bridgehead atoms. The molecule has 9 nitrogen and oxygen atoms in total. The Morgan fingerprint density at radius 3 is 2.25 bits per heavy atom. The van der Waals surface area contributed by atoms with Gasteiger partial charge in [-0.3, -0.25) is 14.4 Å². The van der Waals surface area contributed by atoms with Gasteiger partial charge in [0.2, 0.25) is 11.8 Å². The quantitative estimate of drug-likeness (QED) is 0.467. The number of epoxide rings is 1. The molecule has 0 saturated carbocycles. The minimum Gasteiger partial charge on any atom is -0.444 e. The number of ether oxygens (including phenoxy) is 2. The Morgan fingerprint density at radius 1 is 1.09 bits per heavy atom. The maximum atomic E-state index is 12.8. The molecule has 0 aromatic heterocycles. The molecular formula is C23H33N3O6. The van der Waals surface area contributed by atoms with Gasteiger partial charge in [-0.05, 0) is 46.1 Å². The average molecular weight is 448 g/mol. The summed E-state index contributed by atoms with van der Waals surface area (Å²) in [5, 5.41) is 7.69. The molecule has 32 heavy (non-hydrogen) atoms. The van der Waals surface area contributed by atoms with Gasteiger partial charge in [-0.1, -0.05) is 37.3 Å². The number of carbonyl (C=O) groups excluding carboxylic acids is 4. The van der Waals surface area contributed by atoms with Gasteiger partial charge < -0.3 is 25.4 Å². The lowest BCUT2D eigenvalue weighted by atomic mass is 9.95. The molecule has 9 heteroatoms. The minimum absolute atomic E-state index is 0.209. The molecule has 1 aromatic rings. The van der Waals surface area contributed by atoms with Gasteiger partial charge in [0.05, 0.1) is 19.2 Å². The van der Waals surface area contributed by atoms with Crippen LogP contribution in [-0.4, -0.2) is 60.1 Å². The van der Waals surface area contributed by atoms with Crippen molar-refractivity contribution in [2.24, 2.45) is 0 Å². The Balaban J connectivity index is 1.91. The number of amides is 3. The Bertz CT molecular complexity index is 830. The Hall–Kier alpha value is -2.94. The lowest BCUT2D eigenvalue weighted by Crippen LogP contribution is -2.52. The van der Waals surface area contributed by atoms with E-state index in [0.29, 0.717) is 19.4 Å². The fraction of sp³-hybridized carbons (Fsp3) is 0.565. The highest BCUT2D eigenvalue weighted by atomic mass is 16.6. The summed E-state index contributed by atoms with van der Waals surface area (Å²) in [6, 6.07) is 7.70. The van der Waals surface area contributed by atoms with Gasteiger partial charge in [0.15, 0.2) is 5.78 Å². The molecule has 1 aliphatic heterocycles. The zero-order chi connectivity index (χ0) is 23.9. The Morgan fingerprint density at radius 2 is 1.72 bits per heavy atom. The van der Waals surface area contributed by atoms with Crippen LogP contribution in [0.5, 0.6) is 0 Å². The van der Waals surface area contributed by atoms with Crippen molar-refractivity contribution in [1.29, 1.82) is 0 Å². The molecule has 1 heterocycles. The van der Waals surface area contributed by atoms with Crippen molar-refractivity contribution in [2.45, 2.75) is 70.7 Å². The topological polar surface area (TPSA) is 126 Å². The van der Waals surface area contributed by atoms with E-state index >= 15 is 0 Å². The summed E-state index contributed by atoms with van der Waals surface area (Å²) in [5.41, 5.74) is -0.686. The monoisotopic (exact) mass is 447 g/mol. The van der Waals surface area contributed by atoms with Crippen molar-refractivity contribution in [2.75, 3.05) is 13.2 Å². The molecule has 1 aliphatic rings. The SMILES string of the molecule is CCC(NC(=O)OC(C)(C)C)C(=O)NCC(=O)NC(Cc1ccccc1)C(=O)C1(C)CO1.